The van der Waals surface area contributed by atoms with Crippen LogP contribution in [-0.2, 0) is 16.6 Å². The predicted molar refractivity (Wildman–Crippen MR) is 127 cm³/mol. The number of halogens is 2. The number of nitrogens with one attached hydrogen (secondary N) is 1. The van der Waals surface area contributed by atoms with E-state index in [0.717, 1.165) is 29.5 Å². The molecule has 0 saturated carbocycles. The van der Waals surface area contributed by atoms with E-state index < -0.39 is 26.6 Å². The zero-order chi connectivity index (χ0) is 24.6. The average molecular weight is 494 g/mol. The lowest BCUT2D eigenvalue weighted by Crippen LogP contribution is -2.38. The number of hydrogen-bond acceptors (Lipinski definition) is 6. The van der Waals surface area contributed by atoms with E-state index in [0.29, 0.717) is 36.3 Å². The molecule has 0 aliphatic carbocycles. The number of aromatic nitrogens is 4. The Bertz CT molecular complexity index is 1470. The standard InChI is InChI=1S/C23H21BF2N6O2S/c24-18-14-29-32-22(28-13-15-2-1-7-27-12-15)11-20(30-23(18)32)16-5-8-31(9-6-16)35(33,34)21-10-17(25)3-4-19(21)26/h1-4,7,10-12,14,16,28H,5-6,8-9,13H2. The van der Waals surface area contributed by atoms with Crippen LogP contribution in [0.2, 0.25) is 0 Å². The maximum absolute atomic E-state index is 14.1. The van der Waals surface area contributed by atoms with Crippen LogP contribution in [0.3, 0.4) is 0 Å². The number of piperidine rings is 1. The Hall–Kier alpha value is -3.38. The summed E-state index contributed by atoms with van der Waals surface area (Å²) in [6.07, 6.45) is 5.94. The van der Waals surface area contributed by atoms with Gasteiger partial charge in [-0.1, -0.05) is 6.07 Å². The molecule has 0 unspecified atom stereocenters. The second-order valence-corrected chi connectivity index (χ2v) is 10.3. The van der Waals surface area contributed by atoms with Crippen LogP contribution >= 0.6 is 0 Å². The molecule has 12 heteroatoms. The Morgan fingerprint density at radius 2 is 1.91 bits per heavy atom. The molecule has 8 nitrogen and oxygen atoms in total. The van der Waals surface area contributed by atoms with Crippen molar-refractivity contribution in [2.45, 2.75) is 30.2 Å². The van der Waals surface area contributed by atoms with Gasteiger partial charge in [-0.25, -0.2) is 22.2 Å². The van der Waals surface area contributed by atoms with E-state index in [9.17, 15) is 17.2 Å². The third-order valence-corrected chi connectivity index (χ3v) is 8.01. The van der Waals surface area contributed by atoms with Gasteiger partial charge in [0.1, 0.15) is 35.8 Å². The molecular weight excluding hydrogens is 473 g/mol. The minimum absolute atomic E-state index is 0.0444. The number of benzene rings is 1. The van der Waals surface area contributed by atoms with E-state index in [1.54, 1.807) is 16.9 Å². The molecule has 35 heavy (non-hydrogen) atoms. The fourth-order valence-electron chi connectivity index (χ4n) is 4.23. The molecule has 0 spiro atoms. The third-order valence-electron chi connectivity index (χ3n) is 6.10. The Kier molecular flexibility index (Phi) is 6.24. The van der Waals surface area contributed by atoms with Crippen molar-refractivity contribution in [1.29, 1.82) is 0 Å². The Labute approximate surface area is 202 Å². The fraction of sp³-hybridized carbons (Fsp3) is 0.261. The molecule has 0 bridgehead atoms. The summed E-state index contributed by atoms with van der Waals surface area (Å²) in [5.41, 5.74) is 2.68. The first kappa shape index (κ1) is 23.4. The number of pyridine rings is 1. The van der Waals surface area contributed by atoms with E-state index in [-0.39, 0.29) is 19.0 Å². The maximum Gasteiger partial charge on any atom is 0.246 e. The zero-order valence-electron chi connectivity index (χ0n) is 18.6. The Morgan fingerprint density at radius 3 is 2.66 bits per heavy atom. The third kappa shape index (κ3) is 4.63. The van der Waals surface area contributed by atoms with Crippen molar-refractivity contribution >= 4 is 34.8 Å². The highest BCUT2D eigenvalue weighted by Crippen LogP contribution is 2.32. The van der Waals surface area contributed by atoms with Gasteiger partial charge in [-0.3, -0.25) is 4.98 Å². The molecule has 0 amide bonds. The highest BCUT2D eigenvalue weighted by molar-refractivity contribution is 7.89. The van der Waals surface area contributed by atoms with Gasteiger partial charge in [0.15, 0.2) is 0 Å². The van der Waals surface area contributed by atoms with Crippen molar-refractivity contribution in [1.82, 2.24) is 23.9 Å². The molecule has 3 aromatic heterocycles. The van der Waals surface area contributed by atoms with Gasteiger partial charge in [-0.2, -0.15) is 13.9 Å². The van der Waals surface area contributed by atoms with E-state index in [1.165, 1.54) is 10.5 Å². The normalized spacial score (nSPS) is 15.5. The maximum atomic E-state index is 14.1. The van der Waals surface area contributed by atoms with E-state index in [2.05, 4.69) is 15.4 Å². The molecule has 5 rings (SSSR count). The van der Waals surface area contributed by atoms with Crippen molar-refractivity contribution in [3.8, 4) is 0 Å². The van der Waals surface area contributed by atoms with Crippen molar-refractivity contribution < 1.29 is 17.2 Å². The van der Waals surface area contributed by atoms with E-state index >= 15 is 0 Å². The predicted octanol–water partition coefficient (Wildman–Crippen LogP) is 2.38. The lowest BCUT2D eigenvalue weighted by Gasteiger charge is -2.31. The molecule has 4 aromatic rings. The first-order valence-corrected chi connectivity index (χ1v) is 12.5. The van der Waals surface area contributed by atoms with Gasteiger partial charge in [0.2, 0.25) is 10.0 Å². The number of rotatable bonds is 6. The molecule has 1 saturated heterocycles. The van der Waals surface area contributed by atoms with Gasteiger partial charge in [0.05, 0.1) is 0 Å². The largest absolute Gasteiger partial charge is 0.366 e. The highest BCUT2D eigenvalue weighted by Gasteiger charge is 2.33. The Balaban J connectivity index is 1.37. The van der Waals surface area contributed by atoms with Gasteiger partial charge in [-0.15, -0.1) is 0 Å². The van der Waals surface area contributed by atoms with Crippen LogP contribution < -0.4 is 10.8 Å². The van der Waals surface area contributed by atoms with Crippen LogP contribution in [0.5, 0.6) is 0 Å². The summed E-state index contributed by atoms with van der Waals surface area (Å²) in [5, 5.41) is 7.65. The molecular formula is C23H21BF2N6O2S. The number of hydrogen-bond donors (Lipinski definition) is 1. The topological polar surface area (TPSA) is 92.5 Å². The first-order chi connectivity index (χ1) is 16.8. The average Bonchev–Trinajstić information content (AvgIpc) is 3.25. The summed E-state index contributed by atoms with van der Waals surface area (Å²) in [4.78, 5) is 8.16. The fourth-order valence-corrected chi connectivity index (χ4v) is 5.78. The van der Waals surface area contributed by atoms with Crippen molar-refractivity contribution in [3.63, 3.8) is 0 Å². The van der Waals surface area contributed by atoms with Crippen LogP contribution in [0.4, 0.5) is 14.6 Å². The quantitative estimate of drug-likeness (QED) is 0.414. The van der Waals surface area contributed by atoms with Crippen LogP contribution in [-0.4, -0.2) is 53.2 Å². The van der Waals surface area contributed by atoms with Gasteiger partial charge >= 0.3 is 0 Å². The number of sulfonamides is 1. The molecule has 1 aliphatic heterocycles. The minimum Gasteiger partial charge on any atom is -0.366 e. The number of nitrogens with zero attached hydrogens (tertiary/aromatic N) is 5. The lowest BCUT2D eigenvalue weighted by molar-refractivity contribution is 0.315. The summed E-state index contributed by atoms with van der Waals surface area (Å²) < 4.78 is 56.4. The van der Waals surface area contributed by atoms with Gasteiger partial charge < -0.3 is 5.32 Å². The van der Waals surface area contributed by atoms with E-state index in [1.807, 2.05) is 18.2 Å². The van der Waals surface area contributed by atoms with Crippen LogP contribution in [0, 0.1) is 11.6 Å². The summed E-state index contributed by atoms with van der Waals surface area (Å²) >= 11 is 0. The number of fused-ring (bicyclic) bond motifs is 1. The molecule has 1 N–H and O–H groups in total. The second kappa shape index (κ2) is 9.35. The molecule has 4 heterocycles. The molecule has 0 atom stereocenters. The Morgan fingerprint density at radius 1 is 1.11 bits per heavy atom. The first-order valence-electron chi connectivity index (χ1n) is 11.0. The SMILES string of the molecule is [B]c1cnn2c(NCc3cccnc3)cc(C3CCN(S(=O)(=O)c4cc(F)ccc4F)CC3)nc12. The van der Waals surface area contributed by atoms with Crippen molar-refractivity contribution in [2.24, 2.45) is 0 Å². The monoisotopic (exact) mass is 494 g/mol. The van der Waals surface area contributed by atoms with Crippen LogP contribution in [0.25, 0.3) is 5.65 Å². The second-order valence-electron chi connectivity index (χ2n) is 8.37. The van der Waals surface area contributed by atoms with Crippen molar-refractivity contribution in [2.75, 3.05) is 18.4 Å². The number of anilines is 1. The highest BCUT2D eigenvalue weighted by atomic mass is 32.2. The van der Waals surface area contributed by atoms with Crippen LogP contribution in [0.15, 0.2) is 59.9 Å². The lowest BCUT2D eigenvalue weighted by atomic mass is 9.94. The molecule has 1 aliphatic rings. The van der Waals surface area contributed by atoms with Gasteiger partial charge in [-0.05, 0) is 48.1 Å². The minimum atomic E-state index is -4.16. The molecule has 1 aromatic carbocycles. The summed E-state index contributed by atoms with van der Waals surface area (Å²) in [6, 6.07) is 8.13. The molecule has 178 valence electrons. The smallest absolute Gasteiger partial charge is 0.246 e. The summed E-state index contributed by atoms with van der Waals surface area (Å²) in [7, 11) is 1.93. The zero-order valence-corrected chi connectivity index (χ0v) is 19.4. The molecule has 1 fully saturated rings. The van der Waals surface area contributed by atoms with Crippen molar-refractivity contribution in [3.05, 3.63) is 77.9 Å². The summed E-state index contributed by atoms with van der Waals surface area (Å²) in [5.74, 6) is -1.12. The van der Waals surface area contributed by atoms with Gasteiger partial charge in [0, 0.05) is 55.9 Å². The van der Waals surface area contributed by atoms with Gasteiger partial charge in [0.25, 0.3) is 0 Å². The molecule has 2 radical (unpaired) electrons. The summed E-state index contributed by atoms with van der Waals surface area (Å²) in [6.45, 7) is 0.827. The van der Waals surface area contributed by atoms with Crippen LogP contribution in [0.1, 0.15) is 30.0 Å². The van der Waals surface area contributed by atoms with E-state index in [4.69, 9.17) is 12.8 Å².